The summed E-state index contributed by atoms with van der Waals surface area (Å²) >= 11 is 0. The molecule has 128 valence electrons. The molecule has 0 spiro atoms. The molecule has 0 saturated carbocycles. The van der Waals surface area contributed by atoms with Crippen LogP contribution in [0.3, 0.4) is 0 Å². The van der Waals surface area contributed by atoms with Crippen molar-refractivity contribution in [2.75, 3.05) is 13.2 Å². The van der Waals surface area contributed by atoms with Crippen molar-refractivity contribution in [3.63, 3.8) is 0 Å². The van der Waals surface area contributed by atoms with E-state index in [2.05, 4.69) is 30.3 Å². The maximum absolute atomic E-state index is 9.75. The molecule has 7 heteroatoms. The molecule has 23 heavy (non-hydrogen) atoms. The van der Waals surface area contributed by atoms with Gasteiger partial charge in [0.25, 0.3) is 0 Å². The van der Waals surface area contributed by atoms with Gasteiger partial charge in [-0.15, -0.1) is 0 Å². The number of hydrogen-bond donors (Lipinski definition) is 5. The average Bonchev–Trinajstić information content (AvgIpc) is 2.56. The summed E-state index contributed by atoms with van der Waals surface area (Å²) in [5.74, 6) is 10.3. The van der Waals surface area contributed by atoms with E-state index in [0.29, 0.717) is 12.8 Å². The van der Waals surface area contributed by atoms with Gasteiger partial charge in [0.1, 0.15) is 30.5 Å². The van der Waals surface area contributed by atoms with Crippen LogP contribution < -0.4 is 0 Å². The first-order chi connectivity index (χ1) is 11.0. The van der Waals surface area contributed by atoms with E-state index in [1.54, 1.807) is 0 Å². The fraction of sp³-hybridized carbons (Fsp3) is 0.625. The number of ether oxygens (including phenoxy) is 2. The highest BCUT2D eigenvalue weighted by Crippen LogP contribution is 2.21. The molecule has 1 heterocycles. The van der Waals surface area contributed by atoms with Gasteiger partial charge in [0.15, 0.2) is 6.29 Å². The molecule has 0 aromatic carbocycles. The first kappa shape index (κ1) is 19.6. The highest BCUT2D eigenvalue weighted by molar-refractivity contribution is 5.28. The van der Waals surface area contributed by atoms with Gasteiger partial charge < -0.3 is 35.0 Å². The van der Waals surface area contributed by atoms with E-state index in [-0.39, 0.29) is 6.61 Å². The Morgan fingerprint density at radius 2 is 1.91 bits per heavy atom. The monoisotopic (exact) mass is 326 g/mol. The Labute approximate surface area is 135 Å². The van der Waals surface area contributed by atoms with Crippen LogP contribution in [0.4, 0.5) is 0 Å². The molecule has 1 saturated heterocycles. The molecule has 0 amide bonds. The normalized spacial score (nSPS) is 31.3. The van der Waals surface area contributed by atoms with Crippen molar-refractivity contribution in [2.24, 2.45) is 0 Å². The van der Waals surface area contributed by atoms with Crippen LogP contribution in [0.1, 0.15) is 12.8 Å². The lowest BCUT2D eigenvalue weighted by atomic mass is 9.99. The van der Waals surface area contributed by atoms with Crippen molar-refractivity contribution in [1.29, 1.82) is 0 Å². The Morgan fingerprint density at radius 3 is 2.57 bits per heavy atom. The zero-order valence-electron chi connectivity index (χ0n) is 12.6. The van der Waals surface area contributed by atoms with E-state index in [0.717, 1.165) is 0 Å². The Bertz CT molecular complexity index is 482. The maximum Gasteiger partial charge on any atom is 0.186 e. The minimum absolute atomic E-state index is 0.208. The summed E-state index contributed by atoms with van der Waals surface area (Å²) in [7, 11) is 0. The first-order valence-corrected chi connectivity index (χ1v) is 7.22. The fourth-order valence-corrected chi connectivity index (χ4v) is 1.84. The van der Waals surface area contributed by atoms with Crippen molar-refractivity contribution in [2.45, 2.75) is 49.7 Å². The standard InChI is InChI=1S/C16H22O7/c1-2-11(18)8-6-4-3-5-7-9-22-16-15(21)14(20)13(19)12(10-17)23-16/h2,11-21H,1,5,7,9-10H2. The number of unbranched alkanes of at least 4 members (excludes halogenated alkanes) is 1. The topological polar surface area (TPSA) is 120 Å². The van der Waals surface area contributed by atoms with Gasteiger partial charge in [-0.05, 0) is 18.3 Å². The van der Waals surface area contributed by atoms with E-state index in [1.165, 1.54) is 6.08 Å². The van der Waals surface area contributed by atoms with Gasteiger partial charge in [0, 0.05) is 6.42 Å². The Hall–Kier alpha value is -1.42. The molecule has 0 radical (unpaired) electrons. The van der Waals surface area contributed by atoms with Crippen LogP contribution in [-0.4, -0.2) is 75.6 Å². The molecule has 0 aliphatic carbocycles. The number of aliphatic hydroxyl groups is 5. The van der Waals surface area contributed by atoms with Crippen molar-refractivity contribution in [3.8, 4) is 23.7 Å². The summed E-state index contributed by atoms with van der Waals surface area (Å²) in [6.45, 7) is 3.09. The van der Waals surface area contributed by atoms with E-state index in [1.807, 2.05) is 0 Å². The van der Waals surface area contributed by atoms with Gasteiger partial charge in [0.2, 0.25) is 0 Å². The third-order valence-corrected chi connectivity index (χ3v) is 3.17. The third kappa shape index (κ3) is 6.30. The predicted octanol–water partition coefficient (Wildman–Crippen LogP) is -1.86. The molecule has 7 nitrogen and oxygen atoms in total. The fourth-order valence-electron chi connectivity index (χ4n) is 1.84. The summed E-state index contributed by atoms with van der Waals surface area (Å²) in [5, 5.41) is 47.1. The largest absolute Gasteiger partial charge is 0.394 e. The molecule has 1 fully saturated rings. The van der Waals surface area contributed by atoms with Gasteiger partial charge in [-0.3, -0.25) is 0 Å². The van der Waals surface area contributed by atoms with Gasteiger partial charge in [-0.25, -0.2) is 0 Å². The minimum Gasteiger partial charge on any atom is -0.394 e. The molecule has 1 aliphatic rings. The van der Waals surface area contributed by atoms with E-state index in [9.17, 15) is 15.3 Å². The lowest BCUT2D eigenvalue weighted by Crippen LogP contribution is -2.59. The summed E-state index contributed by atoms with van der Waals surface area (Å²) < 4.78 is 10.5. The molecule has 0 aromatic rings. The highest BCUT2D eigenvalue weighted by Gasteiger charge is 2.43. The van der Waals surface area contributed by atoms with Crippen LogP contribution in [0, 0.1) is 23.7 Å². The van der Waals surface area contributed by atoms with Crippen LogP contribution in [0.5, 0.6) is 0 Å². The van der Waals surface area contributed by atoms with E-state index >= 15 is 0 Å². The molecule has 0 aromatic heterocycles. The molecule has 0 bridgehead atoms. The molecule has 5 N–H and O–H groups in total. The maximum atomic E-state index is 9.75. The van der Waals surface area contributed by atoms with Gasteiger partial charge in [0.05, 0.1) is 13.2 Å². The van der Waals surface area contributed by atoms with Crippen molar-refractivity contribution in [3.05, 3.63) is 12.7 Å². The Balaban J connectivity index is 2.31. The number of hydrogen-bond acceptors (Lipinski definition) is 7. The van der Waals surface area contributed by atoms with E-state index in [4.69, 9.17) is 19.7 Å². The summed E-state index contributed by atoms with van der Waals surface area (Å²) in [4.78, 5) is 0. The van der Waals surface area contributed by atoms with Gasteiger partial charge >= 0.3 is 0 Å². The van der Waals surface area contributed by atoms with Crippen LogP contribution >= 0.6 is 0 Å². The smallest absolute Gasteiger partial charge is 0.186 e. The number of aliphatic hydroxyl groups excluding tert-OH is 5. The molecular weight excluding hydrogens is 304 g/mol. The summed E-state index contributed by atoms with van der Waals surface area (Å²) in [6.07, 6.45) is -4.93. The SMILES string of the molecule is C=CC(O)C#CC#CCCCOC1OC(CO)C(O)C(O)C1O. The van der Waals surface area contributed by atoms with E-state index < -0.39 is 43.4 Å². The summed E-state index contributed by atoms with van der Waals surface area (Å²) in [5.41, 5.74) is 0. The lowest BCUT2D eigenvalue weighted by molar-refractivity contribution is -0.301. The molecule has 1 rings (SSSR count). The van der Waals surface area contributed by atoms with Crippen molar-refractivity contribution < 1.29 is 35.0 Å². The Kier molecular flexibility index (Phi) is 8.85. The zero-order chi connectivity index (χ0) is 17.2. The van der Waals surface area contributed by atoms with Gasteiger partial charge in [-0.1, -0.05) is 24.5 Å². The predicted molar refractivity (Wildman–Crippen MR) is 80.7 cm³/mol. The van der Waals surface area contributed by atoms with Gasteiger partial charge in [-0.2, -0.15) is 0 Å². The minimum atomic E-state index is -1.45. The Morgan fingerprint density at radius 1 is 1.17 bits per heavy atom. The van der Waals surface area contributed by atoms with Crippen LogP contribution in [0.15, 0.2) is 12.7 Å². The van der Waals surface area contributed by atoms with Crippen LogP contribution in [0.2, 0.25) is 0 Å². The molecular formula is C16H22O7. The molecule has 6 atom stereocenters. The third-order valence-electron chi connectivity index (χ3n) is 3.17. The van der Waals surface area contributed by atoms with Crippen LogP contribution in [-0.2, 0) is 9.47 Å². The molecule has 1 aliphatic heterocycles. The number of rotatable bonds is 6. The van der Waals surface area contributed by atoms with Crippen LogP contribution in [0.25, 0.3) is 0 Å². The second-order valence-corrected chi connectivity index (χ2v) is 4.92. The molecule has 6 unspecified atom stereocenters. The quantitative estimate of drug-likeness (QED) is 0.220. The highest BCUT2D eigenvalue weighted by atomic mass is 16.7. The summed E-state index contributed by atoms with van der Waals surface area (Å²) in [6, 6.07) is 0. The lowest BCUT2D eigenvalue weighted by Gasteiger charge is -2.39. The first-order valence-electron chi connectivity index (χ1n) is 7.22. The second kappa shape index (κ2) is 10.4. The second-order valence-electron chi connectivity index (χ2n) is 4.92. The van der Waals surface area contributed by atoms with Crippen molar-refractivity contribution in [1.82, 2.24) is 0 Å². The average molecular weight is 326 g/mol. The zero-order valence-corrected chi connectivity index (χ0v) is 12.6. The van der Waals surface area contributed by atoms with Crippen molar-refractivity contribution >= 4 is 0 Å².